The van der Waals surface area contributed by atoms with Crippen LogP contribution in [-0.2, 0) is 0 Å². The predicted octanol–water partition coefficient (Wildman–Crippen LogP) is 0.327. The molecule has 1 aromatic rings. The highest BCUT2D eigenvalue weighted by Crippen LogP contribution is 2.40. The number of nitrogens with one attached hydrogen (secondary N) is 2. The van der Waals surface area contributed by atoms with E-state index in [0.29, 0.717) is 17.8 Å². The normalized spacial score (nSPS) is 16.9. The van der Waals surface area contributed by atoms with E-state index in [9.17, 15) is 14.7 Å². The van der Waals surface area contributed by atoms with E-state index in [1.807, 2.05) is 4.90 Å². The number of amides is 4. The Morgan fingerprint density at radius 3 is 2.76 bits per heavy atom. The maximum atomic E-state index is 10.8. The molecule has 1 atom stereocenters. The van der Waals surface area contributed by atoms with Crippen LogP contribution in [0.25, 0.3) is 0 Å². The number of benzene rings is 1. The summed E-state index contributed by atoms with van der Waals surface area (Å²) in [5.74, 6) is 0. The van der Waals surface area contributed by atoms with Gasteiger partial charge in [-0.25, -0.2) is 9.59 Å². The first-order chi connectivity index (χ1) is 9.88. The topological polar surface area (TPSA) is 158 Å². The van der Waals surface area contributed by atoms with Crippen LogP contribution >= 0.6 is 0 Å². The molecule has 7 N–H and O–H groups in total. The summed E-state index contributed by atoms with van der Waals surface area (Å²) in [7, 11) is 1.80. The van der Waals surface area contributed by atoms with Crippen molar-refractivity contribution in [3.8, 4) is 0 Å². The lowest BCUT2D eigenvalue weighted by Gasteiger charge is -2.14. The minimum absolute atomic E-state index is 0.266. The number of primary amides is 2. The summed E-state index contributed by atoms with van der Waals surface area (Å²) in [5.41, 5.74) is 16.6. The Bertz CT molecular complexity index is 616. The number of aliphatic hydroxyl groups excluding tert-OH is 1. The number of nitrogens with zero attached hydrogens (tertiary/aromatic N) is 3. The van der Waals surface area contributed by atoms with Gasteiger partial charge in [0.15, 0.2) is 0 Å². The number of aliphatic hydroxyl groups is 1. The fourth-order valence-electron chi connectivity index (χ4n) is 2.06. The van der Waals surface area contributed by atoms with Crippen molar-refractivity contribution < 1.29 is 14.7 Å². The SMILES string of the molecule is CN1CC(O)c2cc(NNC(N)=O)c(N=NC(N)=O)cc21. The molecule has 1 aromatic carbocycles. The lowest BCUT2D eigenvalue weighted by atomic mass is 10.1. The summed E-state index contributed by atoms with van der Waals surface area (Å²) < 4.78 is 0. The molecule has 0 saturated carbocycles. The molecule has 1 aliphatic rings. The molecular weight excluding hydrogens is 278 g/mol. The van der Waals surface area contributed by atoms with Crippen LogP contribution in [0.3, 0.4) is 0 Å². The van der Waals surface area contributed by atoms with Gasteiger partial charge in [0.2, 0.25) is 0 Å². The van der Waals surface area contributed by atoms with E-state index in [-0.39, 0.29) is 5.69 Å². The van der Waals surface area contributed by atoms with Gasteiger partial charge in [0, 0.05) is 24.8 Å². The zero-order valence-corrected chi connectivity index (χ0v) is 11.2. The van der Waals surface area contributed by atoms with E-state index in [0.717, 1.165) is 5.69 Å². The zero-order chi connectivity index (χ0) is 15.6. The number of hydrogen-bond donors (Lipinski definition) is 5. The molecule has 0 aliphatic carbocycles. The summed E-state index contributed by atoms with van der Waals surface area (Å²) >= 11 is 0. The van der Waals surface area contributed by atoms with Crippen LogP contribution in [-0.4, -0.2) is 30.8 Å². The number of rotatable bonds is 3. The van der Waals surface area contributed by atoms with E-state index in [1.165, 1.54) is 0 Å². The molecule has 0 fully saturated rings. The van der Waals surface area contributed by atoms with Crippen LogP contribution in [0, 0.1) is 0 Å². The lowest BCUT2D eigenvalue weighted by Crippen LogP contribution is -2.34. The zero-order valence-electron chi connectivity index (χ0n) is 11.2. The lowest BCUT2D eigenvalue weighted by molar-refractivity contribution is 0.195. The van der Waals surface area contributed by atoms with Gasteiger partial charge < -0.3 is 21.5 Å². The highest BCUT2D eigenvalue weighted by atomic mass is 16.3. The maximum absolute atomic E-state index is 10.8. The molecule has 1 aliphatic heterocycles. The van der Waals surface area contributed by atoms with Gasteiger partial charge in [0.05, 0.1) is 11.8 Å². The average Bonchev–Trinajstić information content (AvgIpc) is 2.68. The van der Waals surface area contributed by atoms with Gasteiger partial charge in [0.25, 0.3) is 0 Å². The molecule has 10 nitrogen and oxygen atoms in total. The molecule has 0 bridgehead atoms. The minimum atomic E-state index is -0.947. The summed E-state index contributed by atoms with van der Waals surface area (Å²) in [6.45, 7) is 0.425. The van der Waals surface area contributed by atoms with E-state index < -0.39 is 18.2 Å². The Hall–Kier alpha value is -2.88. The van der Waals surface area contributed by atoms with Gasteiger partial charge in [0.1, 0.15) is 5.69 Å². The standard InChI is InChI=1S/C11H15N7O3/c1-18-4-9(19)5-2-6(14-16-10(12)20)7(3-8(5)18)15-17-11(13)21/h2-3,9,14,19H,4H2,1H3,(H2,13,21)(H3,12,16,20). The van der Waals surface area contributed by atoms with E-state index in [4.69, 9.17) is 11.5 Å². The van der Waals surface area contributed by atoms with Gasteiger partial charge in [-0.05, 0) is 12.1 Å². The summed E-state index contributed by atoms with van der Waals surface area (Å²) in [6, 6.07) is 1.46. The Balaban J connectivity index is 2.42. The van der Waals surface area contributed by atoms with Crippen molar-refractivity contribution in [2.45, 2.75) is 6.10 Å². The third kappa shape index (κ3) is 3.17. The number of azo groups is 1. The second-order valence-electron chi connectivity index (χ2n) is 4.48. The summed E-state index contributed by atoms with van der Waals surface area (Å²) in [4.78, 5) is 23.3. The van der Waals surface area contributed by atoms with Crippen LogP contribution in [0.15, 0.2) is 22.4 Å². The van der Waals surface area contributed by atoms with Crippen molar-refractivity contribution in [3.63, 3.8) is 0 Å². The van der Waals surface area contributed by atoms with E-state index in [2.05, 4.69) is 21.1 Å². The first kappa shape index (κ1) is 14.5. The van der Waals surface area contributed by atoms with E-state index in [1.54, 1.807) is 19.2 Å². The van der Waals surface area contributed by atoms with Crippen LogP contribution in [0.5, 0.6) is 0 Å². The molecule has 4 amide bonds. The number of likely N-dealkylation sites (N-methyl/N-ethyl adjacent to an activating group) is 1. The molecule has 0 saturated heterocycles. The number of carbonyl (C=O) groups is 2. The summed E-state index contributed by atoms with van der Waals surface area (Å²) in [5, 5.41) is 16.9. The van der Waals surface area contributed by atoms with Gasteiger partial charge in [-0.3, -0.25) is 10.9 Å². The molecule has 0 spiro atoms. The molecule has 0 aromatic heterocycles. The molecule has 2 rings (SSSR count). The number of nitrogens with two attached hydrogens (primary N) is 2. The van der Waals surface area contributed by atoms with Crippen molar-refractivity contribution in [2.75, 3.05) is 23.9 Å². The number of hydrazine groups is 1. The fourth-order valence-corrected chi connectivity index (χ4v) is 2.06. The first-order valence-electron chi connectivity index (χ1n) is 5.98. The number of hydrogen-bond acceptors (Lipinski definition) is 6. The highest BCUT2D eigenvalue weighted by Gasteiger charge is 2.26. The predicted molar refractivity (Wildman–Crippen MR) is 75.1 cm³/mol. The second kappa shape index (κ2) is 5.63. The van der Waals surface area contributed by atoms with Crippen LogP contribution in [0.4, 0.5) is 26.7 Å². The Morgan fingerprint density at radius 2 is 2.14 bits per heavy atom. The van der Waals surface area contributed by atoms with Crippen molar-refractivity contribution in [2.24, 2.45) is 21.7 Å². The molecule has 21 heavy (non-hydrogen) atoms. The van der Waals surface area contributed by atoms with Gasteiger partial charge in [-0.15, -0.1) is 5.11 Å². The van der Waals surface area contributed by atoms with Crippen molar-refractivity contribution in [3.05, 3.63) is 17.7 Å². The summed E-state index contributed by atoms with van der Waals surface area (Å²) in [6.07, 6.45) is -0.666. The maximum Gasteiger partial charge on any atom is 0.356 e. The van der Waals surface area contributed by atoms with Gasteiger partial charge in [-0.1, -0.05) is 5.11 Å². The van der Waals surface area contributed by atoms with Crippen molar-refractivity contribution in [1.29, 1.82) is 0 Å². The minimum Gasteiger partial charge on any atom is -0.386 e. The number of anilines is 2. The van der Waals surface area contributed by atoms with Gasteiger partial charge in [-0.2, -0.15) is 0 Å². The first-order valence-corrected chi connectivity index (χ1v) is 5.98. The van der Waals surface area contributed by atoms with Gasteiger partial charge >= 0.3 is 12.1 Å². The third-order valence-electron chi connectivity index (χ3n) is 2.94. The van der Waals surface area contributed by atoms with Crippen molar-refractivity contribution >= 4 is 29.1 Å². The largest absolute Gasteiger partial charge is 0.386 e. The molecular formula is C11H15N7O3. The number of fused-ring (bicyclic) bond motifs is 1. The average molecular weight is 293 g/mol. The monoisotopic (exact) mass is 293 g/mol. The third-order valence-corrected chi connectivity index (χ3v) is 2.94. The Labute approximate surface area is 119 Å². The van der Waals surface area contributed by atoms with Crippen molar-refractivity contribution in [1.82, 2.24) is 5.43 Å². The molecule has 10 heteroatoms. The number of β-amino-alcohol motifs (C(OH)–C–C–N with tert-alkyl or cyclic N) is 1. The van der Waals surface area contributed by atoms with Crippen LogP contribution in [0.2, 0.25) is 0 Å². The fraction of sp³-hybridized carbons (Fsp3) is 0.273. The smallest absolute Gasteiger partial charge is 0.356 e. The Morgan fingerprint density at radius 1 is 1.43 bits per heavy atom. The molecule has 112 valence electrons. The molecule has 1 unspecified atom stereocenters. The molecule has 0 radical (unpaired) electrons. The van der Waals surface area contributed by atoms with E-state index >= 15 is 0 Å². The van der Waals surface area contributed by atoms with Crippen LogP contribution < -0.4 is 27.2 Å². The van der Waals surface area contributed by atoms with Crippen LogP contribution in [0.1, 0.15) is 11.7 Å². The molecule has 1 heterocycles. The Kier molecular flexibility index (Phi) is 3.89. The number of carbonyl (C=O) groups excluding carboxylic acids is 2. The quantitative estimate of drug-likeness (QED) is 0.400. The number of urea groups is 2. The second-order valence-corrected chi connectivity index (χ2v) is 4.48. The highest BCUT2D eigenvalue weighted by molar-refractivity contribution is 5.80.